The number of hydrogen-bond donors (Lipinski definition) is 2. The van der Waals surface area contributed by atoms with Gasteiger partial charge in [0, 0.05) is 29.3 Å². The molecule has 0 unspecified atom stereocenters. The number of imidazole rings is 1. The van der Waals surface area contributed by atoms with Crippen molar-refractivity contribution in [2.45, 2.75) is 38.5 Å². The van der Waals surface area contributed by atoms with Gasteiger partial charge >= 0.3 is 0 Å². The number of carbonyl (C=O) groups is 1. The van der Waals surface area contributed by atoms with Gasteiger partial charge in [0.05, 0.1) is 5.69 Å². The van der Waals surface area contributed by atoms with Crippen molar-refractivity contribution in [3.63, 3.8) is 0 Å². The van der Waals surface area contributed by atoms with Crippen molar-refractivity contribution in [3.8, 4) is 11.3 Å². The van der Waals surface area contributed by atoms with E-state index in [2.05, 4.69) is 20.3 Å². The zero-order valence-electron chi connectivity index (χ0n) is 12.0. The second-order valence-corrected chi connectivity index (χ2v) is 6.05. The number of nitrogens with zero attached hydrogens (tertiary/aromatic N) is 2. The van der Waals surface area contributed by atoms with E-state index in [4.69, 9.17) is 0 Å². The Kier molecular flexibility index (Phi) is 2.80. The van der Waals surface area contributed by atoms with Crippen LogP contribution in [0.5, 0.6) is 0 Å². The molecule has 2 aliphatic carbocycles. The Hall–Kier alpha value is -2.17. The average molecular weight is 282 g/mol. The minimum Gasteiger partial charge on any atom is -0.345 e. The third-order valence-electron chi connectivity index (χ3n) is 4.07. The summed E-state index contributed by atoms with van der Waals surface area (Å²) in [6.07, 6.45) is 6.18. The Bertz CT molecular complexity index is 698. The van der Waals surface area contributed by atoms with Crippen LogP contribution in [0.1, 0.15) is 43.1 Å². The fourth-order valence-corrected chi connectivity index (χ4v) is 2.62. The lowest BCUT2D eigenvalue weighted by Crippen LogP contribution is -2.14. The quantitative estimate of drug-likeness (QED) is 0.905. The van der Waals surface area contributed by atoms with Crippen molar-refractivity contribution in [1.82, 2.24) is 15.0 Å². The van der Waals surface area contributed by atoms with Gasteiger partial charge in [-0.15, -0.1) is 0 Å². The van der Waals surface area contributed by atoms with E-state index >= 15 is 0 Å². The highest BCUT2D eigenvalue weighted by Crippen LogP contribution is 2.43. The molecule has 2 aliphatic rings. The normalized spacial score (nSPS) is 17.8. The number of anilines is 1. The van der Waals surface area contributed by atoms with Gasteiger partial charge in [-0.05, 0) is 44.7 Å². The fourth-order valence-electron chi connectivity index (χ4n) is 2.62. The number of carbonyl (C=O) groups excluding carboxylic acids is 1. The van der Waals surface area contributed by atoms with Crippen LogP contribution in [0.4, 0.5) is 5.82 Å². The van der Waals surface area contributed by atoms with Crippen molar-refractivity contribution in [2.24, 2.45) is 5.92 Å². The van der Waals surface area contributed by atoms with Crippen molar-refractivity contribution < 1.29 is 4.79 Å². The summed E-state index contributed by atoms with van der Waals surface area (Å²) in [5, 5.41) is 2.90. The molecular weight excluding hydrogens is 264 g/mol. The lowest BCUT2D eigenvalue weighted by molar-refractivity contribution is -0.117. The molecule has 1 amide bonds. The van der Waals surface area contributed by atoms with Crippen LogP contribution in [-0.4, -0.2) is 20.9 Å². The Labute approximate surface area is 123 Å². The SMILES string of the molecule is Cc1nc(-c2ccnc(NC(=O)C3CC3)c2)c(C2CC2)[nH]1. The topological polar surface area (TPSA) is 70.7 Å². The molecule has 0 saturated heterocycles. The zero-order valence-corrected chi connectivity index (χ0v) is 12.0. The first kappa shape index (κ1) is 12.6. The van der Waals surface area contributed by atoms with Gasteiger partial charge in [-0.2, -0.15) is 0 Å². The van der Waals surface area contributed by atoms with E-state index in [9.17, 15) is 4.79 Å². The lowest BCUT2D eigenvalue weighted by Gasteiger charge is -2.06. The molecule has 0 aliphatic heterocycles. The largest absolute Gasteiger partial charge is 0.345 e. The van der Waals surface area contributed by atoms with Gasteiger partial charge in [-0.1, -0.05) is 0 Å². The van der Waals surface area contributed by atoms with Crippen LogP contribution < -0.4 is 5.32 Å². The number of hydrogen-bond acceptors (Lipinski definition) is 3. The smallest absolute Gasteiger partial charge is 0.228 e. The Morgan fingerprint density at radius 2 is 2.14 bits per heavy atom. The van der Waals surface area contributed by atoms with Crippen LogP contribution in [0.15, 0.2) is 18.3 Å². The molecule has 2 saturated carbocycles. The van der Waals surface area contributed by atoms with Crippen molar-refractivity contribution >= 4 is 11.7 Å². The highest BCUT2D eigenvalue weighted by atomic mass is 16.2. The van der Waals surface area contributed by atoms with Gasteiger partial charge in [0.1, 0.15) is 11.6 Å². The molecule has 0 aromatic carbocycles. The molecule has 108 valence electrons. The number of aromatic amines is 1. The van der Waals surface area contributed by atoms with E-state index in [-0.39, 0.29) is 11.8 Å². The first-order valence-electron chi connectivity index (χ1n) is 7.54. The van der Waals surface area contributed by atoms with Crippen LogP contribution in [0, 0.1) is 12.8 Å². The average Bonchev–Trinajstić information content (AvgIpc) is 3.36. The lowest BCUT2D eigenvalue weighted by atomic mass is 10.1. The van der Waals surface area contributed by atoms with Gasteiger partial charge in [0.25, 0.3) is 0 Å². The maximum Gasteiger partial charge on any atom is 0.228 e. The molecule has 2 heterocycles. The van der Waals surface area contributed by atoms with Crippen LogP contribution in [-0.2, 0) is 4.79 Å². The Morgan fingerprint density at radius 1 is 1.33 bits per heavy atom. The van der Waals surface area contributed by atoms with Crippen LogP contribution in [0.2, 0.25) is 0 Å². The fraction of sp³-hybridized carbons (Fsp3) is 0.438. The zero-order chi connectivity index (χ0) is 14.4. The van der Waals surface area contributed by atoms with Crippen molar-refractivity contribution in [3.05, 3.63) is 29.8 Å². The number of pyridine rings is 1. The third-order valence-corrected chi connectivity index (χ3v) is 4.07. The van der Waals surface area contributed by atoms with E-state index in [0.29, 0.717) is 11.7 Å². The van der Waals surface area contributed by atoms with Gasteiger partial charge < -0.3 is 10.3 Å². The second-order valence-electron chi connectivity index (χ2n) is 6.05. The molecule has 2 N–H and O–H groups in total. The monoisotopic (exact) mass is 282 g/mol. The third kappa shape index (κ3) is 2.55. The predicted molar refractivity (Wildman–Crippen MR) is 79.9 cm³/mol. The molecule has 2 aromatic rings. The number of H-pyrrole nitrogens is 1. The first-order chi connectivity index (χ1) is 10.2. The summed E-state index contributed by atoms with van der Waals surface area (Å²) in [4.78, 5) is 24.1. The maximum absolute atomic E-state index is 11.8. The van der Waals surface area contributed by atoms with Crippen LogP contribution >= 0.6 is 0 Å². The molecule has 4 rings (SSSR count). The highest BCUT2D eigenvalue weighted by Gasteiger charge is 2.31. The molecular formula is C16H18N4O. The van der Waals surface area contributed by atoms with Gasteiger partial charge in [0.15, 0.2) is 0 Å². The van der Waals surface area contributed by atoms with Crippen LogP contribution in [0.25, 0.3) is 11.3 Å². The molecule has 0 bridgehead atoms. The summed E-state index contributed by atoms with van der Waals surface area (Å²) < 4.78 is 0. The standard InChI is InChI=1S/C16H18N4O/c1-9-18-14(10-2-3-10)15(19-9)12-6-7-17-13(8-12)20-16(21)11-4-5-11/h6-8,10-11H,2-5H2,1H3,(H,18,19)(H,17,20,21). The minimum absolute atomic E-state index is 0.0836. The molecule has 21 heavy (non-hydrogen) atoms. The predicted octanol–water partition coefficient (Wildman–Crippen LogP) is 3.01. The van der Waals surface area contributed by atoms with E-state index < -0.39 is 0 Å². The van der Waals surface area contributed by atoms with E-state index in [1.165, 1.54) is 18.5 Å². The summed E-state index contributed by atoms with van der Waals surface area (Å²) in [5.41, 5.74) is 3.24. The van der Waals surface area contributed by atoms with Crippen molar-refractivity contribution in [1.29, 1.82) is 0 Å². The Morgan fingerprint density at radius 3 is 2.86 bits per heavy atom. The number of nitrogens with one attached hydrogen (secondary N) is 2. The number of amides is 1. The molecule has 5 nitrogen and oxygen atoms in total. The highest BCUT2D eigenvalue weighted by molar-refractivity contribution is 5.93. The Balaban J connectivity index is 1.64. The molecule has 0 spiro atoms. The van der Waals surface area contributed by atoms with Gasteiger partial charge in [-0.3, -0.25) is 4.79 Å². The molecule has 0 radical (unpaired) electrons. The summed E-state index contributed by atoms with van der Waals surface area (Å²) in [7, 11) is 0. The van der Waals surface area contributed by atoms with Crippen LogP contribution in [0.3, 0.4) is 0 Å². The number of rotatable bonds is 4. The first-order valence-corrected chi connectivity index (χ1v) is 7.54. The van der Waals surface area contributed by atoms with Gasteiger partial charge in [-0.25, -0.2) is 9.97 Å². The minimum atomic E-state index is 0.0836. The van der Waals surface area contributed by atoms with Crippen molar-refractivity contribution in [2.75, 3.05) is 5.32 Å². The maximum atomic E-state index is 11.8. The van der Waals surface area contributed by atoms with Gasteiger partial charge in [0.2, 0.25) is 5.91 Å². The number of aryl methyl sites for hydroxylation is 1. The molecule has 2 fully saturated rings. The molecule has 2 aromatic heterocycles. The number of aromatic nitrogens is 3. The second kappa shape index (κ2) is 4.69. The summed E-state index contributed by atoms with van der Waals surface area (Å²) >= 11 is 0. The summed E-state index contributed by atoms with van der Waals surface area (Å²) in [6, 6.07) is 3.87. The summed E-state index contributed by atoms with van der Waals surface area (Å²) in [6.45, 7) is 1.98. The van der Waals surface area contributed by atoms with E-state index in [0.717, 1.165) is 29.9 Å². The summed E-state index contributed by atoms with van der Waals surface area (Å²) in [5.74, 6) is 2.43. The van der Waals surface area contributed by atoms with E-state index in [1.54, 1.807) is 6.20 Å². The van der Waals surface area contributed by atoms with E-state index in [1.807, 2.05) is 19.1 Å². The molecule has 5 heteroatoms. The molecule has 0 atom stereocenters.